The van der Waals surface area contributed by atoms with Crippen LogP contribution in [0.25, 0.3) is 0 Å². The van der Waals surface area contributed by atoms with Crippen LogP contribution in [0.2, 0.25) is 0 Å². The molecule has 7 heteroatoms. The second-order valence-electron chi connectivity index (χ2n) is 3.53. The summed E-state index contributed by atoms with van der Waals surface area (Å²) in [5.74, 6) is 0.0424. The van der Waals surface area contributed by atoms with E-state index in [-0.39, 0.29) is 12.0 Å². The van der Waals surface area contributed by atoms with E-state index in [9.17, 15) is 9.46 Å². The van der Waals surface area contributed by atoms with Crippen LogP contribution in [0.5, 0.6) is 0 Å². The first kappa shape index (κ1) is 13.1. The molecule has 0 radical (unpaired) electrons. The van der Waals surface area contributed by atoms with Crippen molar-refractivity contribution in [2.75, 3.05) is 27.4 Å². The van der Waals surface area contributed by atoms with Crippen LogP contribution in [0, 0.1) is 5.92 Å². The molecule has 0 aromatic heterocycles. The molecular formula is C8H17O6P. The van der Waals surface area contributed by atoms with E-state index >= 15 is 0 Å². The zero-order chi connectivity index (χ0) is 11.5. The lowest BCUT2D eigenvalue weighted by Crippen LogP contribution is -2.31. The highest BCUT2D eigenvalue weighted by molar-refractivity contribution is 7.47. The molecule has 1 N–H and O–H groups in total. The molecule has 6 nitrogen and oxygen atoms in total. The molecule has 0 spiro atoms. The maximum absolute atomic E-state index is 11.2. The molecule has 4 atom stereocenters. The van der Waals surface area contributed by atoms with Gasteiger partial charge in [0.2, 0.25) is 0 Å². The minimum atomic E-state index is -3.96. The van der Waals surface area contributed by atoms with Crippen LogP contribution in [-0.2, 0) is 23.1 Å². The summed E-state index contributed by atoms with van der Waals surface area (Å²) >= 11 is 0. The lowest BCUT2D eigenvalue weighted by molar-refractivity contribution is -0.0132. The molecular weight excluding hydrogens is 223 g/mol. The zero-order valence-corrected chi connectivity index (χ0v) is 9.98. The summed E-state index contributed by atoms with van der Waals surface area (Å²) in [4.78, 5) is 9.20. The Kier molecular flexibility index (Phi) is 4.70. The lowest BCUT2D eigenvalue weighted by atomic mass is 10.1. The van der Waals surface area contributed by atoms with Gasteiger partial charge in [-0.2, -0.15) is 0 Å². The SMILES string of the molecule is COC[C@H]1OC[C@@H](C)C1OP(=O)(O)OC. The van der Waals surface area contributed by atoms with Crippen LogP contribution in [0.4, 0.5) is 0 Å². The van der Waals surface area contributed by atoms with Crippen molar-refractivity contribution in [2.24, 2.45) is 5.92 Å². The van der Waals surface area contributed by atoms with Gasteiger partial charge in [0.05, 0.1) is 13.2 Å². The highest BCUT2D eigenvalue weighted by Crippen LogP contribution is 2.46. The highest BCUT2D eigenvalue weighted by Gasteiger charge is 2.40. The number of phosphoric ester groups is 1. The van der Waals surface area contributed by atoms with E-state index in [4.69, 9.17) is 14.0 Å². The number of hydrogen-bond acceptors (Lipinski definition) is 5. The predicted molar refractivity (Wildman–Crippen MR) is 52.5 cm³/mol. The third-order valence-corrected chi connectivity index (χ3v) is 3.29. The van der Waals surface area contributed by atoms with E-state index in [0.29, 0.717) is 13.2 Å². The maximum atomic E-state index is 11.2. The predicted octanol–water partition coefficient (Wildman–Crippen LogP) is 0.800. The molecule has 2 unspecified atom stereocenters. The molecule has 90 valence electrons. The Morgan fingerprint density at radius 2 is 2.20 bits per heavy atom. The quantitative estimate of drug-likeness (QED) is 0.716. The third-order valence-electron chi connectivity index (χ3n) is 2.32. The summed E-state index contributed by atoms with van der Waals surface area (Å²) in [6.07, 6.45) is -0.790. The number of phosphoric acid groups is 1. The van der Waals surface area contributed by atoms with Gasteiger partial charge in [-0.3, -0.25) is 9.05 Å². The van der Waals surface area contributed by atoms with Crippen molar-refractivity contribution in [1.29, 1.82) is 0 Å². The van der Waals surface area contributed by atoms with Gasteiger partial charge in [-0.1, -0.05) is 6.92 Å². The molecule has 0 saturated carbocycles. The van der Waals surface area contributed by atoms with Crippen molar-refractivity contribution in [3.05, 3.63) is 0 Å². The van der Waals surface area contributed by atoms with Gasteiger partial charge >= 0.3 is 7.82 Å². The first-order valence-electron chi connectivity index (χ1n) is 4.67. The molecule has 0 aromatic rings. The fraction of sp³-hybridized carbons (Fsp3) is 1.00. The Balaban J connectivity index is 2.60. The van der Waals surface area contributed by atoms with Gasteiger partial charge < -0.3 is 14.4 Å². The van der Waals surface area contributed by atoms with E-state index in [0.717, 1.165) is 7.11 Å². The highest BCUT2D eigenvalue weighted by atomic mass is 31.2. The van der Waals surface area contributed by atoms with Crippen molar-refractivity contribution < 1.29 is 28.0 Å². The Hall–Kier alpha value is 0.0300. The van der Waals surface area contributed by atoms with Crippen molar-refractivity contribution in [3.63, 3.8) is 0 Å². The van der Waals surface area contributed by atoms with E-state index in [1.54, 1.807) is 0 Å². The molecule has 1 heterocycles. The summed E-state index contributed by atoms with van der Waals surface area (Å²) in [5.41, 5.74) is 0. The van der Waals surface area contributed by atoms with Crippen LogP contribution < -0.4 is 0 Å². The standard InChI is InChI=1S/C8H17O6P/c1-6-4-13-7(5-11-2)8(6)14-15(9,10)12-3/h6-8H,4-5H2,1-3H3,(H,9,10)/t6-,7-,8?/m1/s1. The van der Waals surface area contributed by atoms with Crippen molar-refractivity contribution in [3.8, 4) is 0 Å². The fourth-order valence-electron chi connectivity index (χ4n) is 1.51. The molecule has 1 rings (SSSR count). The summed E-state index contributed by atoms with van der Waals surface area (Å²) in [6, 6.07) is 0. The minimum absolute atomic E-state index is 0.0424. The number of methoxy groups -OCH3 is 1. The molecule has 1 aliphatic heterocycles. The third kappa shape index (κ3) is 3.52. The molecule has 1 aliphatic rings. The van der Waals surface area contributed by atoms with Crippen LogP contribution in [0.15, 0.2) is 0 Å². The van der Waals surface area contributed by atoms with Gasteiger partial charge in [0, 0.05) is 20.1 Å². The molecule has 0 aliphatic carbocycles. The average molecular weight is 240 g/mol. The Bertz CT molecular complexity index is 243. The van der Waals surface area contributed by atoms with Crippen LogP contribution in [0.3, 0.4) is 0 Å². The average Bonchev–Trinajstić information content (AvgIpc) is 2.50. The first-order valence-corrected chi connectivity index (χ1v) is 6.17. The smallest absolute Gasteiger partial charge is 0.382 e. The lowest BCUT2D eigenvalue weighted by Gasteiger charge is -2.22. The summed E-state index contributed by atoms with van der Waals surface area (Å²) in [5, 5.41) is 0. The fourth-order valence-corrected chi connectivity index (χ4v) is 2.24. The van der Waals surface area contributed by atoms with E-state index in [1.807, 2.05) is 6.92 Å². The second kappa shape index (κ2) is 5.39. The van der Waals surface area contributed by atoms with Gasteiger partial charge in [-0.25, -0.2) is 4.57 Å². The van der Waals surface area contributed by atoms with Gasteiger partial charge in [0.25, 0.3) is 0 Å². The molecule has 0 amide bonds. The molecule has 1 fully saturated rings. The van der Waals surface area contributed by atoms with E-state index in [1.165, 1.54) is 7.11 Å². The Morgan fingerprint density at radius 3 is 2.73 bits per heavy atom. The minimum Gasteiger partial charge on any atom is -0.382 e. The topological polar surface area (TPSA) is 74.2 Å². The summed E-state index contributed by atoms with van der Waals surface area (Å²) in [7, 11) is -1.29. The molecule has 0 bridgehead atoms. The van der Waals surface area contributed by atoms with Crippen LogP contribution in [-0.4, -0.2) is 44.5 Å². The van der Waals surface area contributed by atoms with Gasteiger partial charge in [-0.05, 0) is 0 Å². The largest absolute Gasteiger partial charge is 0.472 e. The number of hydrogen-bond donors (Lipinski definition) is 1. The number of ether oxygens (including phenoxy) is 2. The maximum Gasteiger partial charge on any atom is 0.472 e. The monoisotopic (exact) mass is 240 g/mol. The number of rotatable bonds is 5. The second-order valence-corrected chi connectivity index (χ2v) is 5.04. The van der Waals surface area contributed by atoms with Gasteiger partial charge in [0.1, 0.15) is 12.2 Å². The van der Waals surface area contributed by atoms with Gasteiger partial charge in [0.15, 0.2) is 0 Å². The summed E-state index contributed by atoms with van der Waals surface area (Å²) in [6.45, 7) is 2.71. The van der Waals surface area contributed by atoms with Crippen molar-refractivity contribution in [2.45, 2.75) is 19.1 Å². The van der Waals surface area contributed by atoms with E-state index in [2.05, 4.69) is 4.52 Å². The van der Waals surface area contributed by atoms with Crippen LogP contribution in [0.1, 0.15) is 6.92 Å². The normalized spacial score (nSPS) is 35.3. The van der Waals surface area contributed by atoms with Gasteiger partial charge in [-0.15, -0.1) is 0 Å². The molecule has 1 saturated heterocycles. The zero-order valence-electron chi connectivity index (χ0n) is 9.08. The molecule has 0 aromatic carbocycles. The summed E-state index contributed by atoms with van der Waals surface area (Å²) < 4.78 is 30.9. The van der Waals surface area contributed by atoms with E-state index < -0.39 is 13.9 Å². The van der Waals surface area contributed by atoms with Crippen LogP contribution >= 0.6 is 7.82 Å². The van der Waals surface area contributed by atoms with Crippen molar-refractivity contribution in [1.82, 2.24) is 0 Å². The Morgan fingerprint density at radius 1 is 1.53 bits per heavy atom. The first-order chi connectivity index (χ1) is 7.00. The Labute approximate surface area is 89.1 Å². The molecule has 15 heavy (non-hydrogen) atoms. The van der Waals surface area contributed by atoms with Crippen molar-refractivity contribution >= 4 is 7.82 Å².